The van der Waals surface area contributed by atoms with Gasteiger partial charge >= 0.3 is 0 Å². The number of hydrogen-bond donors (Lipinski definition) is 1. The molecular formula is C13H19ClN2O2. The Bertz CT molecular complexity index is 449. The zero-order valence-electron chi connectivity index (χ0n) is 11.2. The van der Waals surface area contributed by atoms with Crippen molar-refractivity contribution in [2.75, 3.05) is 6.54 Å². The van der Waals surface area contributed by atoms with Crippen molar-refractivity contribution in [3.8, 4) is 0 Å². The highest BCUT2D eigenvalue weighted by atomic mass is 35.5. The predicted octanol–water partition coefficient (Wildman–Crippen LogP) is 3.66. The fraction of sp³-hybridized carbons (Fsp3) is 0.538. The van der Waals surface area contributed by atoms with Gasteiger partial charge in [-0.15, -0.1) is 0 Å². The van der Waals surface area contributed by atoms with Gasteiger partial charge in [0.15, 0.2) is 0 Å². The van der Waals surface area contributed by atoms with Gasteiger partial charge in [-0.1, -0.05) is 25.4 Å². The van der Waals surface area contributed by atoms with Crippen molar-refractivity contribution in [3.63, 3.8) is 0 Å². The van der Waals surface area contributed by atoms with Crippen LogP contribution in [-0.4, -0.2) is 17.5 Å². The third-order valence-electron chi connectivity index (χ3n) is 3.30. The monoisotopic (exact) mass is 270 g/mol. The van der Waals surface area contributed by atoms with Gasteiger partial charge in [0.25, 0.3) is 5.69 Å². The van der Waals surface area contributed by atoms with E-state index in [-0.39, 0.29) is 16.6 Å². The van der Waals surface area contributed by atoms with Crippen molar-refractivity contribution >= 4 is 17.3 Å². The zero-order chi connectivity index (χ0) is 13.9. The Labute approximate surface area is 112 Å². The fourth-order valence-electron chi connectivity index (χ4n) is 2.08. The standard InChI is InChI=1S/C13H19ClN2O2/c1-5-15-10(4)9(3)11-7-12(14)13(16(17)18)6-8(11)2/h6-7,9-10,15H,5H2,1-4H3. The van der Waals surface area contributed by atoms with Crippen molar-refractivity contribution in [2.24, 2.45) is 0 Å². The van der Waals surface area contributed by atoms with E-state index in [2.05, 4.69) is 26.1 Å². The van der Waals surface area contributed by atoms with Crippen LogP contribution in [0.15, 0.2) is 12.1 Å². The third-order valence-corrected chi connectivity index (χ3v) is 3.60. The molecule has 0 aliphatic rings. The summed E-state index contributed by atoms with van der Waals surface area (Å²) in [4.78, 5) is 10.4. The molecule has 0 amide bonds. The lowest BCUT2D eigenvalue weighted by Gasteiger charge is -2.22. The van der Waals surface area contributed by atoms with E-state index < -0.39 is 4.92 Å². The number of nitrogens with one attached hydrogen (secondary N) is 1. The first kappa shape index (κ1) is 14.9. The van der Waals surface area contributed by atoms with Crippen LogP contribution in [0.3, 0.4) is 0 Å². The van der Waals surface area contributed by atoms with Crippen molar-refractivity contribution in [3.05, 3.63) is 38.4 Å². The third kappa shape index (κ3) is 3.21. The molecule has 0 saturated heterocycles. The van der Waals surface area contributed by atoms with Crippen LogP contribution in [-0.2, 0) is 0 Å². The zero-order valence-corrected chi connectivity index (χ0v) is 11.9. The number of nitrogens with zero attached hydrogens (tertiary/aromatic N) is 1. The Morgan fingerprint density at radius 2 is 2.06 bits per heavy atom. The minimum atomic E-state index is -0.447. The lowest BCUT2D eigenvalue weighted by Crippen LogP contribution is -2.30. The van der Waals surface area contributed by atoms with Crippen molar-refractivity contribution in [1.82, 2.24) is 5.32 Å². The topological polar surface area (TPSA) is 55.2 Å². The number of aryl methyl sites for hydroxylation is 1. The van der Waals surface area contributed by atoms with Gasteiger partial charge in [-0.25, -0.2) is 0 Å². The van der Waals surface area contributed by atoms with Gasteiger partial charge in [-0.2, -0.15) is 0 Å². The van der Waals surface area contributed by atoms with Crippen LogP contribution in [0.2, 0.25) is 5.02 Å². The highest BCUT2D eigenvalue weighted by molar-refractivity contribution is 6.32. The first-order valence-corrected chi connectivity index (χ1v) is 6.44. The Morgan fingerprint density at radius 3 is 2.56 bits per heavy atom. The lowest BCUT2D eigenvalue weighted by atomic mass is 9.90. The number of benzene rings is 1. The maximum Gasteiger partial charge on any atom is 0.288 e. The molecule has 0 heterocycles. The Hall–Kier alpha value is -1.13. The first-order chi connectivity index (χ1) is 8.38. The number of rotatable bonds is 5. The Kier molecular flexibility index (Phi) is 5.11. The number of nitro benzene ring substituents is 1. The second kappa shape index (κ2) is 6.16. The van der Waals surface area contributed by atoms with Gasteiger partial charge < -0.3 is 5.32 Å². The number of hydrogen-bond acceptors (Lipinski definition) is 3. The summed E-state index contributed by atoms with van der Waals surface area (Å²) in [6, 6.07) is 3.56. The van der Waals surface area contributed by atoms with E-state index in [1.54, 1.807) is 12.1 Å². The second-order valence-electron chi connectivity index (χ2n) is 4.55. The minimum absolute atomic E-state index is 0.0266. The highest BCUT2D eigenvalue weighted by Gasteiger charge is 2.20. The molecule has 0 spiro atoms. The summed E-state index contributed by atoms with van der Waals surface area (Å²) in [7, 11) is 0. The van der Waals surface area contributed by atoms with E-state index in [4.69, 9.17) is 11.6 Å². The molecule has 0 aliphatic carbocycles. The number of likely N-dealkylation sites (N-methyl/N-ethyl adjacent to an activating group) is 1. The Morgan fingerprint density at radius 1 is 1.44 bits per heavy atom. The van der Waals surface area contributed by atoms with E-state index >= 15 is 0 Å². The average molecular weight is 271 g/mol. The van der Waals surface area contributed by atoms with E-state index in [1.807, 2.05) is 6.92 Å². The first-order valence-electron chi connectivity index (χ1n) is 6.06. The molecule has 0 bridgehead atoms. The molecule has 5 heteroatoms. The minimum Gasteiger partial charge on any atom is -0.314 e. The molecule has 1 rings (SSSR count). The number of nitro groups is 1. The molecule has 0 saturated carbocycles. The summed E-state index contributed by atoms with van der Waals surface area (Å²) in [5, 5.41) is 14.4. The molecule has 1 aromatic carbocycles. The molecule has 0 fully saturated rings. The quantitative estimate of drug-likeness (QED) is 0.656. The van der Waals surface area contributed by atoms with E-state index in [0.29, 0.717) is 6.04 Å². The number of halogens is 1. The summed E-state index contributed by atoms with van der Waals surface area (Å²) in [5.74, 6) is 0.253. The van der Waals surface area contributed by atoms with Crippen LogP contribution in [0.4, 0.5) is 5.69 Å². The van der Waals surface area contributed by atoms with Crippen LogP contribution in [0.1, 0.15) is 37.8 Å². The molecule has 0 radical (unpaired) electrons. The average Bonchev–Trinajstić information content (AvgIpc) is 2.30. The maximum absolute atomic E-state index is 10.8. The Balaban J connectivity index is 3.11. The van der Waals surface area contributed by atoms with Crippen LogP contribution >= 0.6 is 11.6 Å². The highest BCUT2D eigenvalue weighted by Crippen LogP contribution is 2.32. The molecule has 18 heavy (non-hydrogen) atoms. The SMILES string of the molecule is CCNC(C)C(C)c1cc(Cl)c([N+](=O)[O-])cc1C. The van der Waals surface area contributed by atoms with Crippen molar-refractivity contribution < 1.29 is 4.92 Å². The van der Waals surface area contributed by atoms with Gasteiger partial charge in [-0.3, -0.25) is 10.1 Å². The molecule has 2 atom stereocenters. The molecule has 2 unspecified atom stereocenters. The molecular weight excluding hydrogens is 252 g/mol. The van der Waals surface area contributed by atoms with E-state index in [0.717, 1.165) is 17.7 Å². The van der Waals surface area contributed by atoms with Crippen LogP contribution in [0, 0.1) is 17.0 Å². The van der Waals surface area contributed by atoms with Crippen LogP contribution in [0.25, 0.3) is 0 Å². The summed E-state index contributed by atoms with van der Waals surface area (Å²) in [5.41, 5.74) is 1.93. The second-order valence-corrected chi connectivity index (χ2v) is 4.96. The smallest absolute Gasteiger partial charge is 0.288 e. The molecule has 0 aliphatic heterocycles. The van der Waals surface area contributed by atoms with Crippen LogP contribution in [0.5, 0.6) is 0 Å². The van der Waals surface area contributed by atoms with Gasteiger partial charge in [0.05, 0.1) is 4.92 Å². The summed E-state index contributed by atoms with van der Waals surface area (Å²) < 4.78 is 0. The normalized spacial score (nSPS) is 14.3. The maximum atomic E-state index is 10.8. The van der Waals surface area contributed by atoms with Crippen molar-refractivity contribution in [1.29, 1.82) is 0 Å². The fourth-order valence-corrected chi connectivity index (χ4v) is 2.32. The lowest BCUT2D eigenvalue weighted by molar-refractivity contribution is -0.384. The summed E-state index contributed by atoms with van der Waals surface area (Å²) >= 11 is 5.96. The molecule has 100 valence electrons. The molecule has 4 nitrogen and oxygen atoms in total. The predicted molar refractivity (Wildman–Crippen MR) is 74.4 cm³/mol. The molecule has 0 aromatic heterocycles. The van der Waals surface area contributed by atoms with Crippen molar-refractivity contribution in [2.45, 2.75) is 39.7 Å². The largest absolute Gasteiger partial charge is 0.314 e. The van der Waals surface area contributed by atoms with E-state index in [1.165, 1.54) is 0 Å². The summed E-state index contributed by atoms with van der Waals surface area (Å²) in [6.45, 7) is 9.03. The molecule has 1 aromatic rings. The van der Waals surface area contributed by atoms with E-state index in [9.17, 15) is 10.1 Å². The van der Waals surface area contributed by atoms with Gasteiger partial charge in [0.1, 0.15) is 5.02 Å². The van der Waals surface area contributed by atoms with Gasteiger partial charge in [0, 0.05) is 12.1 Å². The molecule has 1 N–H and O–H groups in total. The van der Waals surface area contributed by atoms with Gasteiger partial charge in [-0.05, 0) is 43.5 Å². The van der Waals surface area contributed by atoms with Gasteiger partial charge in [0.2, 0.25) is 0 Å². The van der Waals surface area contributed by atoms with Crippen LogP contribution < -0.4 is 5.32 Å². The summed E-state index contributed by atoms with van der Waals surface area (Å²) in [6.07, 6.45) is 0.